The molecule has 2 nitrogen and oxygen atoms in total. The van der Waals surface area contributed by atoms with Crippen LogP contribution in [0.4, 0.5) is 5.69 Å². The molecule has 1 fully saturated rings. The third-order valence-corrected chi connectivity index (χ3v) is 3.04. The molecule has 14 heavy (non-hydrogen) atoms. The van der Waals surface area contributed by atoms with E-state index in [0.717, 1.165) is 19.1 Å². The highest BCUT2D eigenvalue weighted by molar-refractivity contribution is 5.50. The summed E-state index contributed by atoms with van der Waals surface area (Å²) in [6, 6.07) is 7.56. The Morgan fingerprint density at radius 1 is 1.21 bits per heavy atom. The number of rotatable bonds is 2. The van der Waals surface area contributed by atoms with Gasteiger partial charge < -0.3 is 10.6 Å². The Balaban J connectivity index is 1.84. The minimum absolute atomic E-state index is 0.754. The van der Waals surface area contributed by atoms with Crippen LogP contribution in [0.15, 0.2) is 18.2 Å². The van der Waals surface area contributed by atoms with Crippen LogP contribution in [0.1, 0.15) is 24.0 Å². The van der Waals surface area contributed by atoms with Gasteiger partial charge in [-0.05, 0) is 49.1 Å². The normalized spacial score (nSPS) is 20.3. The quantitative estimate of drug-likeness (QED) is 0.740. The molecule has 0 aromatic heterocycles. The van der Waals surface area contributed by atoms with E-state index in [1.54, 1.807) is 0 Å². The lowest BCUT2D eigenvalue weighted by Gasteiger charge is -2.18. The molecule has 0 radical (unpaired) electrons. The molecule has 74 valence electrons. The first-order valence-corrected chi connectivity index (χ1v) is 5.51. The van der Waals surface area contributed by atoms with Crippen molar-refractivity contribution < 1.29 is 0 Å². The summed E-state index contributed by atoms with van der Waals surface area (Å²) >= 11 is 0. The molecule has 1 aromatic rings. The van der Waals surface area contributed by atoms with Crippen molar-refractivity contribution in [2.75, 3.05) is 11.9 Å². The smallest absolute Gasteiger partial charge is 0.0345 e. The fraction of sp³-hybridized carbons (Fsp3) is 0.500. The monoisotopic (exact) mass is 188 g/mol. The van der Waals surface area contributed by atoms with Gasteiger partial charge in [-0.25, -0.2) is 0 Å². The van der Waals surface area contributed by atoms with Crippen LogP contribution >= 0.6 is 0 Å². The molecule has 0 bridgehead atoms. The van der Waals surface area contributed by atoms with Crippen molar-refractivity contribution in [3.05, 3.63) is 29.3 Å². The lowest BCUT2D eigenvalue weighted by atomic mass is 10.0. The van der Waals surface area contributed by atoms with E-state index in [1.165, 1.54) is 36.1 Å². The van der Waals surface area contributed by atoms with Crippen molar-refractivity contribution in [1.29, 1.82) is 0 Å². The van der Waals surface area contributed by atoms with Gasteiger partial charge in [0.05, 0.1) is 0 Å². The molecule has 0 unspecified atom stereocenters. The Bertz CT molecular complexity index is 342. The van der Waals surface area contributed by atoms with Gasteiger partial charge in [-0.3, -0.25) is 0 Å². The summed E-state index contributed by atoms with van der Waals surface area (Å²) in [7, 11) is 0. The van der Waals surface area contributed by atoms with Gasteiger partial charge in [-0.2, -0.15) is 0 Å². The molecule has 2 N–H and O–H groups in total. The van der Waals surface area contributed by atoms with Gasteiger partial charge >= 0.3 is 0 Å². The Kier molecular flexibility index (Phi) is 1.95. The minimum atomic E-state index is 0.754. The Labute approximate surface area is 84.7 Å². The first-order valence-electron chi connectivity index (χ1n) is 5.51. The second-order valence-corrected chi connectivity index (χ2v) is 4.33. The van der Waals surface area contributed by atoms with Crippen molar-refractivity contribution in [2.24, 2.45) is 0 Å². The maximum absolute atomic E-state index is 3.54. The van der Waals surface area contributed by atoms with Gasteiger partial charge in [-0.1, -0.05) is 6.07 Å². The lowest BCUT2D eigenvalue weighted by molar-refractivity contribution is 0.644. The van der Waals surface area contributed by atoms with Gasteiger partial charge in [-0.15, -0.1) is 0 Å². The maximum atomic E-state index is 3.54. The van der Waals surface area contributed by atoms with E-state index >= 15 is 0 Å². The van der Waals surface area contributed by atoms with E-state index < -0.39 is 0 Å². The predicted molar refractivity (Wildman–Crippen MR) is 58.5 cm³/mol. The SMILES string of the molecule is c1cc2c(cc1NC1CC1)CNCC2. The molecule has 1 aliphatic carbocycles. The number of fused-ring (bicyclic) bond motifs is 1. The first kappa shape index (κ1) is 8.30. The van der Waals surface area contributed by atoms with Crippen LogP contribution in [-0.2, 0) is 13.0 Å². The second kappa shape index (κ2) is 3.28. The van der Waals surface area contributed by atoms with E-state index in [1.807, 2.05) is 0 Å². The zero-order valence-corrected chi connectivity index (χ0v) is 8.34. The zero-order valence-electron chi connectivity index (χ0n) is 8.34. The summed E-state index contributed by atoms with van der Waals surface area (Å²) in [5.74, 6) is 0. The summed E-state index contributed by atoms with van der Waals surface area (Å²) < 4.78 is 0. The summed E-state index contributed by atoms with van der Waals surface area (Å²) in [5.41, 5.74) is 4.29. The van der Waals surface area contributed by atoms with E-state index in [4.69, 9.17) is 0 Å². The summed E-state index contributed by atoms with van der Waals surface area (Å²) in [6.45, 7) is 2.16. The van der Waals surface area contributed by atoms with E-state index in [2.05, 4.69) is 28.8 Å². The molecule has 3 rings (SSSR count). The molecular weight excluding hydrogens is 172 g/mol. The fourth-order valence-corrected chi connectivity index (χ4v) is 2.03. The first-order chi connectivity index (χ1) is 6.92. The molecule has 0 spiro atoms. The maximum Gasteiger partial charge on any atom is 0.0345 e. The highest BCUT2D eigenvalue weighted by Gasteiger charge is 2.21. The van der Waals surface area contributed by atoms with Crippen LogP contribution in [0.5, 0.6) is 0 Å². The average Bonchev–Trinajstić information content (AvgIpc) is 3.02. The van der Waals surface area contributed by atoms with Gasteiger partial charge in [0.1, 0.15) is 0 Å². The van der Waals surface area contributed by atoms with E-state index in [9.17, 15) is 0 Å². The highest BCUT2D eigenvalue weighted by atomic mass is 15.0. The van der Waals surface area contributed by atoms with Crippen LogP contribution in [-0.4, -0.2) is 12.6 Å². The number of anilines is 1. The molecule has 2 aliphatic rings. The van der Waals surface area contributed by atoms with Gasteiger partial charge in [0.25, 0.3) is 0 Å². The average molecular weight is 188 g/mol. The van der Waals surface area contributed by atoms with Crippen molar-refractivity contribution in [1.82, 2.24) is 5.32 Å². The predicted octanol–water partition coefficient (Wildman–Crippen LogP) is 1.91. The van der Waals surface area contributed by atoms with Crippen LogP contribution in [0.2, 0.25) is 0 Å². The lowest BCUT2D eigenvalue weighted by Crippen LogP contribution is -2.23. The number of nitrogens with one attached hydrogen (secondary N) is 2. The Morgan fingerprint density at radius 2 is 2.14 bits per heavy atom. The van der Waals surface area contributed by atoms with E-state index in [0.29, 0.717) is 0 Å². The zero-order chi connectivity index (χ0) is 9.38. The molecule has 1 saturated carbocycles. The summed E-state index contributed by atoms with van der Waals surface area (Å²) in [6.07, 6.45) is 3.86. The molecule has 0 atom stereocenters. The van der Waals surface area contributed by atoms with Gasteiger partial charge in [0.15, 0.2) is 0 Å². The third kappa shape index (κ3) is 1.62. The molecular formula is C12H16N2. The Morgan fingerprint density at radius 3 is 3.00 bits per heavy atom. The molecule has 1 heterocycles. The van der Waals surface area contributed by atoms with Crippen molar-refractivity contribution in [2.45, 2.75) is 31.8 Å². The van der Waals surface area contributed by atoms with Crippen LogP contribution in [0.25, 0.3) is 0 Å². The fourth-order valence-electron chi connectivity index (χ4n) is 2.03. The second-order valence-electron chi connectivity index (χ2n) is 4.33. The van der Waals surface area contributed by atoms with Crippen LogP contribution < -0.4 is 10.6 Å². The van der Waals surface area contributed by atoms with Crippen LogP contribution in [0.3, 0.4) is 0 Å². The summed E-state index contributed by atoms with van der Waals surface area (Å²) in [4.78, 5) is 0. The standard InChI is InChI=1S/C12H16N2/c1-2-12(14-11-3-4-11)7-10-8-13-6-5-9(1)10/h1-2,7,11,13-14H,3-6,8H2. The topological polar surface area (TPSA) is 24.1 Å². The van der Waals surface area contributed by atoms with Gasteiger partial charge in [0, 0.05) is 18.3 Å². The van der Waals surface area contributed by atoms with Crippen molar-refractivity contribution in [3.63, 3.8) is 0 Å². The summed E-state index contributed by atoms with van der Waals surface area (Å²) in [5, 5.41) is 6.95. The number of hydrogen-bond acceptors (Lipinski definition) is 2. The molecule has 2 heteroatoms. The minimum Gasteiger partial charge on any atom is -0.382 e. The van der Waals surface area contributed by atoms with Crippen molar-refractivity contribution >= 4 is 5.69 Å². The molecule has 0 amide bonds. The third-order valence-electron chi connectivity index (χ3n) is 3.04. The Hall–Kier alpha value is -1.02. The highest BCUT2D eigenvalue weighted by Crippen LogP contribution is 2.26. The molecule has 0 saturated heterocycles. The molecule has 1 aromatic carbocycles. The van der Waals surface area contributed by atoms with Crippen LogP contribution in [0, 0.1) is 0 Å². The molecule has 1 aliphatic heterocycles. The largest absolute Gasteiger partial charge is 0.382 e. The number of hydrogen-bond donors (Lipinski definition) is 2. The van der Waals surface area contributed by atoms with Crippen molar-refractivity contribution in [3.8, 4) is 0 Å². The van der Waals surface area contributed by atoms with Gasteiger partial charge in [0.2, 0.25) is 0 Å². The van der Waals surface area contributed by atoms with E-state index in [-0.39, 0.29) is 0 Å². The number of benzene rings is 1.